The third-order valence-electron chi connectivity index (χ3n) is 3.95. The van der Waals surface area contributed by atoms with E-state index in [2.05, 4.69) is 0 Å². The highest BCUT2D eigenvalue weighted by Gasteiger charge is 2.32. The molecule has 0 bridgehead atoms. The maximum Gasteiger partial charge on any atom is 0.337 e. The predicted octanol–water partition coefficient (Wildman–Crippen LogP) is 3.83. The molecule has 0 amide bonds. The summed E-state index contributed by atoms with van der Waals surface area (Å²) in [5.41, 5.74) is -3.68. The predicted molar refractivity (Wildman–Crippen MR) is 106 cm³/mol. The molecule has 3 aromatic carbocycles. The van der Waals surface area contributed by atoms with Crippen molar-refractivity contribution in [3.8, 4) is 11.1 Å². The van der Waals surface area contributed by atoms with Crippen LogP contribution in [0, 0.1) is 0 Å². The molecule has 0 aliphatic heterocycles. The van der Waals surface area contributed by atoms with Crippen molar-refractivity contribution < 1.29 is 39.6 Å². The van der Waals surface area contributed by atoms with E-state index in [1.54, 1.807) is 18.2 Å². The highest BCUT2D eigenvalue weighted by atomic mass is 16.4. The summed E-state index contributed by atoms with van der Waals surface area (Å²) in [6, 6.07) is 20.5. The molecule has 0 heterocycles. The van der Waals surface area contributed by atoms with Crippen LogP contribution < -0.4 is 0 Å². The normalized spacial score (nSPS) is 9.73. The molecule has 152 valence electrons. The van der Waals surface area contributed by atoms with E-state index in [0.717, 1.165) is 6.07 Å². The molecule has 0 spiro atoms. The van der Waals surface area contributed by atoms with Gasteiger partial charge in [-0.25, -0.2) is 19.2 Å². The van der Waals surface area contributed by atoms with Crippen LogP contribution in [0.25, 0.3) is 11.1 Å². The molecule has 8 nitrogen and oxygen atoms in total. The van der Waals surface area contributed by atoms with Gasteiger partial charge in [0.1, 0.15) is 0 Å². The highest BCUT2D eigenvalue weighted by Crippen LogP contribution is 2.32. The zero-order valence-corrected chi connectivity index (χ0v) is 15.4. The van der Waals surface area contributed by atoms with Crippen molar-refractivity contribution in [1.29, 1.82) is 0 Å². The van der Waals surface area contributed by atoms with Crippen LogP contribution in [0.4, 0.5) is 0 Å². The van der Waals surface area contributed by atoms with Crippen LogP contribution in [0.5, 0.6) is 0 Å². The Morgan fingerprint density at radius 2 is 0.900 bits per heavy atom. The smallest absolute Gasteiger partial charge is 0.337 e. The van der Waals surface area contributed by atoms with E-state index in [9.17, 15) is 39.6 Å². The van der Waals surface area contributed by atoms with Crippen molar-refractivity contribution in [1.82, 2.24) is 0 Å². The van der Waals surface area contributed by atoms with Crippen molar-refractivity contribution in [3.63, 3.8) is 0 Å². The molecule has 0 saturated heterocycles. The van der Waals surface area contributed by atoms with E-state index in [1.807, 2.05) is 36.4 Å². The SMILES string of the molecule is O=C(O)c1cc(-c2ccccc2)c(C(=O)O)c(C(=O)O)c1C(=O)O.c1ccccc1. The lowest BCUT2D eigenvalue weighted by Gasteiger charge is -2.14. The minimum atomic E-state index is -1.84. The fourth-order valence-electron chi connectivity index (χ4n) is 2.74. The summed E-state index contributed by atoms with van der Waals surface area (Å²) in [6.45, 7) is 0. The zero-order valence-electron chi connectivity index (χ0n) is 15.4. The molecule has 30 heavy (non-hydrogen) atoms. The highest BCUT2D eigenvalue weighted by molar-refractivity contribution is 6.16. The molecule has 0 radical (unpaired) electrons. The van der Waals surface area contributed by atoms with E-state index < -0.39 is 46.1 Å². The van der Waals surface area contributed by atoms with Crippen LogP contribution in [0.15, 0.2) is 72.8 Å². The van der Waals surface area contributed by atoms with E-state index >= 15 is 0 Å². The maximum absolute atomic E-state index is 11.6. The van der Waals surface area contributed by atoms with Crippen LogP contribution >= 0.6 is 0 Å². The van der Waals surface area contributed by atoms with Crippen molar-refractivity contribution >= 4 is 23.9 Å². The Morgan fingerprint density at radius 1 is 0.500 bits per heavy atom. The monoisotopic (exact) mass is 408 g/mol. The van der Waals surface area contributed by atoms with Gasteiger partial charge in [0, 0.05) is 0 Å². The van der Waals surface area contributed by atoms with E-state index in [-0.39, 0.29) is 11.1 Å². The van der Waals surface area contributed by atoms with Crippen LogP contribution in [0.1, 0.15) is 41.4 Å². The number of benzene rings is 3. The number of rotatable bonds is 5. The van der Waals surface area contributed by atoms with E-state index in [0.29, 0.717) is 0 Å². The Labute approximate surface area is 170 Å². The number of hydrogen-bond acceptors (Lipinski definition) is 4. The molecule has 0 aromatic heterocycles. The topological polar surface area (TPSA) is 149 Å². The Hall–Kier alpha value is -4.46. The Balaban J connectivity index is 0.000000456. The van der Waals surface area contributed by atoms with Crippen LogP contribution in [0.2, 0.25) is 0 Å². The third-order valence-corrected chi connectivity index (χ3v) is 3.95. The van der Waals surface area contributed by atoms with Gasteiger partial charge >= 0.3 is 23.9 Å². The summed E-state index contributed by atoms with van der Waals surface area (Å²) < 4.78 is 0. The standard InChI is InChI=1S/C16H10O8.C6H6/c17-13(18)9-6-8(7-4-2-1-3-5-7)10(14(19)20)12(16(23)24)11(9)15(21)22;1-2-4-6-5-3-1/h1-6H,(H,17,18)(H,19,20)(H,21,22)(H,23,24);1-6H. The molecule has 0 aliphatic rings. The summed E-state index contributed by atoms with van der Waals surface area (Å²) >= 11 is 0. The number of aromatic carboxylic acids is 4. The largest absolute Gasteiger partial charge is 0.478 e. The lowest BCUT2D eigenvalue weighted by molar-refractivity contribution is 0.0620. The van der Waals surface area contributed by atoms with E-state index in [1.165, 1.54) is 12.1 Å². The molecular formula is C22H16O8. The van der Waals surface area contributed by atoms with Gasteiger partial charge in [0.05, 0.1) is 22.3 Å². The first-order valence-electron chi connectivity index (χ1n) is 8.45. The summed E-state index contributed by atoms with van der Waals surface area (Å²) in [7, 11) is 0. The summed E-state index contributed by atoms with van der Waals surface area (Å²) in [5.74, 6) is -7.04. The molecule has 0 aliphatic carbocycles. The zero-order chi connectivity index (χ0) is 22.3. The number of hydrogen-bond donors (Lipinski definition) is 4. The van der Waals surface area contributed by atoms with Crippen LogP contribution in [0.3, 0.4) is 0 Å². The molecule has 0 saturated carbocycles. The van der Waals surface area contributed by atoms with Gasteiger partial charge in [0.15, 0.2) is 0 Å². The van der Waals surface area contributed by atoms with Crippen molar-refractivity contribution in [2.24, 2.45) is 0 Å². The number of carboxylic acids is 4. The van der Waals surface area contributed by atoms with Gasteiger partial charge < -0.3 is 20.4 Å². The van der Waals surface area contributed by atoms with Gasteiger partial charge in [-0.2, -0.15) is 0 Å². The Kier molecular flexibility index (Phi) is 7.02. The fraction of sp³-hybridized carbons (Fsp3) is 0. The quantitative estimate of drug-likeness (QED) is 0.497. The van der Waals surface area contributed by atoms with Crippen molar-refractivity contribution in [2.75, 3.05) is 0 Å². The van der Waals surface area contributed by atoms with Crippen LogP contribution in [-0.2, 0) is 0 Å². The van der Waals surface area contributed by atoms with Gasteiger partial charge in [-0.1, -0.05) is 66.7 Å². The average molecular weight is 408 g/mol. The molecule has 3 aromatic rings. The molecule has 0 fully saturated rings. The van der Waals surface area contributed by atoms with Gasteiger partial charge in [-0.15, -0.1) is 0 Å². The summed E-state index contributed by atoms with van der Waals surface area (Å²) in [4.78, 5) is 45.8. The number of carboxylic acid groups (broad SMARTS) is 4. The lowest BCUT2D eigenvalue weighted by Crippen LogP contribution is -2.20. The first-order chi connectivity index (χ1) is 14.3. The first kappa shape index (κ1) is 21.8. The molecule has 3 rings (SSSR count). The molecule has 0 unspecified atom stereocenters. The molecule has 4 N–H and O–H groups in total. The molecular weight excluding hydrogens is 392 g/mol. The van der Waals surface area contributed by atoms with Crippen molar-refractivity contribution in [3.05, 3.63) is 95.1 Å². The fourth-order valence-corrected chi connectivity index (χ4v) is 2.74. The van der Waals surface area contributed by atoms with Gasteiger partial charge in [-0.05, 0) is 17.2 Å². The Bertz CT molecular complexity index is 1060. The molecule has 0 atom stereocenters. The van der Waals surface area contributed by atoms with E-state index in [4.69, 9.17) is 0 Å². The van der Waals surface area contributed by atoms with Gasteiger partial charge in [-0.3, -0.25) is 0 Å². The minimum absolute atomic E-state index is 0.192. The number of carbonyl (C=O) groups is 4. The lowest BCUT2D eigenvalue weighted by atomic mass is 9.88. The minimum Gasteiger partial charge on any atom is -0.478 e. The van der Waals surface area contributed by atoms with Crippen molar-refractivity contribution in [2.45, 2.75) is 0 Å². The second-order valence-corrected chi connectivity index (χ2v) is 5.84. The third kappa shape index (κ3) is 4.87. The first-order valence-corrected chi connectivity index (χ1v) is 8.45. The second-order valence-electron chi connectivity index (χ2n) is 5.84. The summed E-state index contributed by atoms with van der Waals surface area (Å²) in [5, 5.41) is 37.1. The Morgan fingerprint density at radius 3 is 1.27 bits per heavy atom. The second kappa shape index (κ2) is 9.65. The van der Waals surface area contributed by atoms with Gasteiger partial charge in [0.2, 0.25) is 0 Å². The average Bonchev–Trinajstić information content (AvgIpc) is 2.74. The molecule has 8 heteroatoms. The maximum atomic E-state index is 11.6. The summed E-state index contributed by atoms with van der Waals surface area (Å²) in [6.07, 6.45) is 0. The van der Waals surface area contributed by atoms with Crippen LogP contribution in [-0.4, -0.2) is 44.3 Å². The van der Waals surface area contributed by atoms with Gasteiger partial charge in [0.25, 0.3) is 0 Å².